The Bertz CT molecular complexity index is 2850. The number of methoxy groups -OCH3 is 2. The van der Waals surface area contributed by atoms with Gasteiger partial charge in [0.15, 0.2) is 0 Å². The van der Waals surface area contributed by atoms with Gasteiger partial charge in [-0.25, -0.2) is 14.6 Å². The molecular formula is C62H86N6O10. The summed E-state index contributed by atoms with van der Waals surface area (Å²) in [5.41, 5.74) is 8.28. The Kier molecular flexibility index (Phi) is 22.2. The van der Waals surface area contributed by atoms with Gasteiger partial charge in [-0.05, 0) is 157 Å². The number of allylic oxidation sites excluding steroid dienone is 8. The number of alkyl carbamates (subject to hydrolysis) is 1. The number of nitrogens with zero attached hydrogens (tertiary/aromatic N) is 2. The molecule has 2 aliphatic carbocycles. The standard InChI is InChI=1S/C39H42N4O5.C21H38N2O4.C2H6O/c1-8-10-24-21(4)31-18-36-39(6)27(13-11-26(28(39)19-44)38(47)48-7)35(43-36)16-30-20(3)23(9-2)32(40-30)15-29-22(5)25(12-14-37(45)46)34(41-29)17-33(24)42-31;1-17-10-8-6-7-9-11-18(17)14-26-19(25)22-15-21(4,5)27-13-12-20(2,3)23-16-24;1-3-2/h9,11,13,15-19,21,28,31,40,42H,2,8,10,12,14H2,1,3-7H3,(H,45,46);6-7,16-18H,8-15H2,1-5H3,(H,22,25)(H,23,24);1-2H3/b30-16-,32-15-,34-17-,36-18-;7-6-;. The van der Waals surface area contributed by atoms with Gasteiger partial charge < -0.3 is 49.8 Å². The predicted octanol–water partition coefficient (Wildman–Crippen LogP) is 8.99. The van der Waals surface area contributed by atoms with Gasteiger partial charge in [0, 0.05) is 72.8 Å². The van der Waals surface area contributed by atoms with Crippen molar-refractivity contribution in [3.63, 3.8) is 0 Å². The molecule has 7 rings (SSSR count). The molecule has 1 aromatic heterocycles. The van der Waals surface area contributed by atoms with Crippen molar-refractivity contribution in [1.29, 1.82) is 0 Å². The molecule has 6 unspecified atom stereocenters. The van der Waals surface area contributed by atoms with Gasteiger partial charge in [0.2, 0.25) is 6.41 Å². The van der Waals surface area contributed by atoms with E-state index in [9.17, 15) is 29.1 Å². The smallest absolute Gasteiger partial charge is 0.407 e. The monoisotopic (exact) mass is 1070 g/mol. The highest BCUT2D eigenvalue weighted by Crippen LogP contribution is 2.53. The summed E-state index contributed by atoms with van der Waals surface area (Å²) in [6, 6.07) is -0.155. The van der Waals surface area contributed by atoms with Crippen molar-refractivity contribution >= 4 is 60.4 Å². The van der Waals surface area contributed by atoms with Gasteiger partial charge in [-0.15, -0.1) is 0 Å². The molecule has 0 fully saturated rings. The lowest BCUT2D eigenvalue weighted by Gasteiger charge is -2.36. The fourth-order valence-electron chi connectivity index (χ4n) is 10.8. The molecule has 5 N–H and O–H groups in total. The predicted molar refractivity (Wildman–Crippen MR) is 309 cm³/mol. The number of carboxylic acid groups (broad SMARTS) is 1. The van der Waals surface area contributed by atoms with Crippen molar-refractivity contribution in [2.45, 2.75) is 144 Å². The van der Waals surface area contributed by atoms with Crippen molar-refractivity contribution in [2.24, 2.45) is 39.1 Å². The lowest BCUT2D eigenvalue weighted by atomic mass is 9.64. The van der Waals surface area contributed by atoms with Crippen LogP contribution in [0.4, 0.5) is 4.79 Å². The van der Waals surface area contributed by atoms with Crippen LogP contribution in [0, 0.1) is 36.0 Å². The third kappa shape index (κ3) is 15.1. The number of aliphatic imine (C=N–C) groups is 2. The van der Waals surface area contributed by atoms with Crippen molar-refractivity contribution < 1.29 is 48.0 Å². The fourth-order valence-corrected chi connectivity index (χ4v) is 10.8. The number of fused-ring (bicyclic) bond motifs is 9. The first-order valence-electron chi connectivity index (χ1n) is 27.4. The Morgan fingerprint density at radius 3 is 2.29 bits per heavy atom. The summed E-state index contributed by atoms with van der Waals surface area (Å²) in [6.07, 6.45) is 26.4. The number of aliphatic carboxylic acids is 1. The highest BCUT2D eigenvalue weighted by Gasteiger charge is 2.51. The number of carbonyl (C=O) groups excluding carboxylic acids is 4. The van der Waals surface area contributed by atoms with Gasteiger partial charge in [0.05, 0.1) is 59.5 Å². The number of aldehydes is 1. The number of hydrogen-bond donors (Lipinski definition) is 5. The maximum Gasteiger partial charge on any atom is 0.407 e. The average Bonchev–Trinajstić information content (AvgIpc) is 4.24. The summed E-state index contributed by atoms with van der Waals surface area (Å²) < 4.78 is 20.7. The molecule has 78 heavy (non-hydrogen) atoms. The van der Waals surface area contributed by atoms with Gasteiger partial charge in [-0.1, -0.05) is 64.2 Å². The molecule has 0 aromatic carbocycles. The van der Waals surface area contributed by atoms with Crippen LogP contribution in [0.2, 0.25) is 0 Å². The van der Waals surface area contributed by atoms with Crippen LogP contribution >= 0.6 is 0 Å². The third-order valence-corrected chi connectivity index (χ3v) is 15.8. The van der Waals surface area contributed by atoms with Crippen LogP contribution in [0.5, 0.6) is 0 Å². The molecule has 16 heteroatoms. The van der Waals surface area contributed by atoms with Crippen molar-refractivity contribution in [3.05, 3.63) is 110 Å². The Balaban J connectivity index is 0.000000317. The summed E-state index contributed by atoms with van der Waals surface area (Å²) in [6.45, 7) is 25.7. The zero-order valence-corrected chi connectivity index (χ0v) is 48.4. The number of carbonyl (C=O) groups is 5. The summed E-state index contributed by atoms with van der Waals surface area (Å²) in [7, 11) is 4.57. The van der Waals surface area contributed by atoms with E-state index in [1.54, 1.807) is 20.3 Å². The molecule has 0 radical (unpaired) electrons. The van der Waals surface area contributed by atoms with Crippen LogP contribution in [0.1, 0.15) is 131 Å². The maximum atomic E-state index is 12.9. The van der Waals surface area contributed by atoms with Crippen LogP contribution in [0.3, 0.4) is 0 Å². The zero-order valence-electron chi connectivity index (χ0n) is 48.4. The van der Waals surface area contributed by atoms with E-state index in [1.807, 2.05) is 72.8 Å². The Morgan fingerprint density at radius 2 is 1.65 bits per heavy atom. The molecule has 2 amide bonds. The first-order valence-corrected chi connectivity index (χ1v) is 27.4. The first-order chi connectivity index (χ1) is 37.0. The lowest BCUT2D eigenvalue weighted by Crippen LogP contribution is -2.43. The number of aromatic nitrogens is 1. The number of ether oxygens (including phenoxy) is 4. The molecule has 8 bridgehead atoms. The molecule has 1 aromatic rings. The quantitative estimate of drug-likeness (QED) is 0.0531. The highest BCUT2D eigenvalue weighted by molar-refractivity contribution is 6.25. The summed E-state index contributed by atoms with van der Waals surface area (Å²) in [5, 5.41) is 20.5. The summed E-state index contributed by atoms with van der Waals surface area (Å²) in [5.74, 6) is -1.13. The van der Waals surface area contributed by atoms with Crippen molar-refractivity contribution in [2.75, 3.05) is 41.1 Å². The second-order valence-corrected chi connectivity index (χ2v) is 22.4. The number of rotatable bonds is 18. The minimum atomic E-state index is -0.918. The van der Waals surface area contributed by atoms with Gasteiger partial charge >= 0.3 is 18.0 Å². The Morgan fingerprint density at radius 1 is 0.962 bits per heavy atom. The fraction of sp³-hybridized carbons (Fsp3) is 0.532. The van der Waals surface area contributed by atoms with Crippen LogP contribution in [0.25, 0.3) is 18.2 Å². The Labute approximate surface area is 461 Å². The van der Waals surface area contributed by atoms with E-state index in [0.29, 0.717) is 67.8 Å². The van der Waals surface area contributed by atoms with E-state index in [4.69, 9.17) is 24.2 Å². The largest absolute Gasteiger partial charge is 0.481 e. The van der Waals surface area contributed by atoms with E-state index in [-0.39, 0.29) is 30.0 Å². The second kappa shape index (κ2) is 27.8. The molecule has 0 spiro atoms. The minimum absolute atomic E-state index is 0.000680. The number of hydrogen-bond acceptors (Lipinski definition) is 12. The molecule has 424 valence electrons. The molecule has 5 heterocycles. The van der Waals surface area contributed by atoms with Gasteiger partial charge in [-0.3, -0.25) is 14.6 Å². The van der Waals surface area contributed by atoms with Crippen LogP contribution < -0.4 is 26.6 Å². The van der Waals surface area contributed by atoms with E-state index >= 15 is 0 Å². The normalized spacial score (nSPS) is 26.0. The molecule has 0 saturated heterocycles. The number of H-pyrrole nitrogens is 1. The maximum absolute atomic E-state index is 12.9. The lowest BCUT2D eigenvalue weighted by molar-refractivity contribution is -0.138. The van der Waals surface area contributed by atoms with E-state index in [0.717, 1.165) is 100 Å². The number of esters is 1. The molecule has 4 aliphatic heterocycles. The van der Waals surface area contributed by atoms with Crippen LogP contribution in [-0.4, -0.2) is 111 Å². The average molecular weight is 1080 g/mol. The number of aromatic amines is 1. The second-order valence-electron chi connectivity index (χ2n) is 22.4. The molecular weight excluding hydrogens is 989 g/mol. The number of amides is 2. The third-order valence-electron chi connectivity index (χ3n) is 15.8. The Hall–Kier alpha value is -6.65. The highest BCUT2D eigenvalue weighted by atomic mass is 16.6. The topological polar surface area (TPSA) is 219 Å². The molecule has 0 saturated carbocycles. The number of carboxylic acids is 1. The SMILES string of the molecule is C=Cc1c(C)/c2[nH]/c1=C\C1=NC(=C\C3=C(CCC)C(C)C(/C=C4N=C(\C=2)C2=CC=C(C(=O)OC)C(C=O)C2\4C)N3)/C(CCC(=O)O)=C1C.CC1CC/C=C\CCC1COC(=O)NCC(C)(C)OCCC(C)(C)NC=O.COC. The van der Waals surface area contributed by atoms with E-state index in [2.05, 4.69) is 77.3 Å². The van der Waals surface area contributed by atoms with Crippen molar-refractivity contribution in [1.82, 2.24) is 20.9 Å². The van der Waals surface area contributed by atoms with E-state index < -0.39 is 28.9 Å². The molecule has 6 aliphatic rings. The van der Waals surface area contributed by atoms with E-state index in [1.165, 1.54) is 12.7 Å². The minimum Gasteiger partial charge on any atom is -0.481 e. The van der Waals surface area contributed by atoms with Crippen LogP contribution in [0.15, 0.2) is 98.0 Å². The van der Waals surface area contributed by atoms with Crippen LogP contribution in [-0.2, 0) is 38.1 Å². The molecule has 6 atom stereocenters. The summed E-state index contributed by atoms with van der Waals surface area (Å²) >= 11 is 0. The molecule has 16 nitrogen and oxygen atoms in total. The van der Waals surface area contributed by atoms with Gasteiger partial charge in [-0.2, -0.15) is 0 Å². The van der Waals surface area contributed by atoms with Gasteiger partial charge in [0.1, 0.15) is 6.29 Å². The summed E-state index contributed by atoms with van der Waals surface area (Å²) in [4.78, 5) is 73.9. The zero-order chi connectivity index (χ0) is 57.5. The van der Waals surface area contributed by atoms with Crippen molar-refractivity contribution in [3.8, 4) is 0 Å². The first kappa shape index (κ1) is 62.2. The van der Waals surface area contributed by atoms with Gasteiger partial charge in [0.25, 0.3) is 0 Å². The number of nitrogens with one attached hydrogen (secondary N) is 4.